The molecule has 4 N–H and O–H groups in total. The number of fused-ring (bicyclic) bond motifs is 3. The van der Waals surface area contributed by atoms with Gasteiger partial charge in [0.15, 0.2) is 5.65 Å². The lowest BCUT2D eigenvalue weighted by Crippen LogP contribution is -2.11. The molecule has 6 nitrogen and oxygen atoms in total. The third kappa shape index (κ3) is 1.74. The fourth-order valence-electron chi connectivity index (χ4n) is 1.92. The molecule has 0 aliphatic heterocycles. The summed E-state index contributed by atoms with van der Waals surface area (Å²) in [4.78, 5) is 6.68. The standard InChI is InChI=1S/C10H7F3N6/c11-10(12,13)4-2-1-3-5-6(4)7-8(15-5)16-9(17-14)19-18-7/h1-3H,14H2,(H2,15,16,17,19). The maximum Gasteiger partial charge on any atom is 0.417 e. The van der Waals surface area contributed by atoms with Gasteiger partial charge < -0.3 is 4.98 Å². The van der Waals surface area contributed by atoms with Crippen LogP contribution in [0.3, 0.4) is 0 Å². The van der Waals surface area contributed by atoms with Gasteiger partial charge in [0, 0.05) is 10.9 Å². The molecule has 0 atom stereocenters. The predicted molar refractivity (Wildman–Crippen MR) is 62.0 cm³/mol. The van der Waals surface area contributed by atoms with Crippen molar-refractivity contribution in [2.45, 2.75) is 6.18 Å². The molecule has 0 amide bonds. The first-order chi connectivity index (χ1) is 9.00. The van der Waals surface area contributed by atoms with Crippen molar-refractivity contribution in [2.24, 2.45) is 5.84 Å². The van der Waals surface area contributed by atoms with E-state index in [1.807, 2.05) is 0 Å². The van der Waals surface area contributed by atoms with E-state index in [9.17, 15) is 13.2 Å². The Bertz CT molecular complexity index is 763. The van der Waals surface area contributed by atoms with Gasteiger partial charge in [0.05, 0.1) is 5.56 Å². The molecule has 0 unspecified atom stereocenters. The van der Waals surface area contributed by atoms with Gasteiger partial charge in [0.1, 0.15) is 5.52 Å². The van der Waals surface area contributed by atoms with Crippen LogP contribution in [0.1, 0.15) is 5.56 Å². The molecule has 3 aromatic rings. The van der Waals surface area contributed by atoms with Gasteiger partial charge in [0.2, 0.25) is 0 Å². The van der Waals surface area contributed by atoms with E-state index in [1.54, 1.807) is 0 Å². The van der Waals surface area contributed by atoms with Crippen LogP contribution in [0.25, 0.3) is 22.1 Å². The van der Waals surface area contributed by atoms with Crippen molar-refractivity contribution < 1.29 is 13.2 Å². The normalized spacial score (nSPS) is 12.2. The fourth-order valence-corrected chi connectivity index (χ4v) is 1.92. The van der Waals surface area contributed by atoms with Crippen LogP contribution in [0.2, 0.25) is 0 Å². The number of anilines is 1. The molecule has 2 heterocycles. The van der Waals surface area contributed by atoms with Crippen molar-refractivity contribution in [3.05, 3.63) is 23.8 Å². The number of benzene rings is 1. The highest BCUT2D eigenvalue weighted by Gasteiger charge is 2.34. The number of aromatic amines is 1. The minimum atomic E-state index is -4.47. The quantitative estimate of drug-likeness (QED) is 0.462. The van der Waals surface area contributed by atoms with Gasteiger partial charge in [-0.05, 0) is 12.1 Å². The molecule has 2 aromatic heterocycles. The van der Waals surface area contributed by atoms with E-state index in [0.29, 0.717) is 5.52 Å². The summed E-state index contributed by atoms with van der Waals surface area (Å²) < 4.78 is 38.9. The third-order valence-corrected chi connectivity index (χ3v) is 2.68. The van der Waals surface area contributed by atoms with E-state index in [0.717, 1.165) is 6.07 Å². The van der Waals surface area contributed by atoms with Gasteiger partial charge in [-0.1, -0.05) is 6.07 Å². The molecule has 0 aliphatic carbocycles. The number of nitrogens with two attached hydrogens (primary N) is 1. The van der Waals surface area contributed by atoms with Crippen LogP contribution in [-0.2, 0) is 6.18 Å². The van der Waals surface area contributed by atoms with Crippen molar-refractivity contribution in [3.8, 4) is 0 Å². The Morgan fingerprint density at radius 2 is 2.00 bits per heavy atom. The number of H-pyrrole nitrogens is 1. The van der Waals surface area contributed by atoms with Crippen molar-refractivity contribution in [1.29, 1.82) is 0 Å². The predicted octanol–water partition coefficient (Wildman–Crippen LogP) is 1.81. The zero-order valence-corrected chi connectivity index (χ0v) is 9.28. The lowest BCUT2D eigenvalue weighted by molar-refractivity contribution is -0.136. The average molecular weight is 268 g/mol. The monoisotopic (exact) mass is 268 g/mol. The largest absolute Gasteiger partial charge is 0.417 e. The molecule has 0 fully saturated rings. The Kier molecular flexibility index (Phi) is 2.32. The number of nitrogen functional groups attached to an aromatic ring is 1. The number of hydrazine groups is 1. The molecule has 0 saturated carbocycles. The van der Waals surface area contributed by atoms with Crippen LogP contribution >= 0.6 is 0 Å². The van der Waals surface area contributed by atoms with Gasteiger partial charge >= 0.3 is 6.18 Å². The molecule has 98 valence electrons. The second-order valence-corrected chi connectivity index (χ2v) is 3.83. The van der Waals surface area contributed by atoms with Crippen molar-refractivity contribution in [3.63, 3.8) is 0 Å². The molecule has 0 aliphatic rings. The summed E-state index contributed by atoms with van der Waals surface area (Å²) >= 11 is 0. The van der Waals surface area contributed by atoms with E-state index in [-0.39, 0.29) is 22.5 Å². The summed E-state index contributed by atoms with van der Waals surface area (Å²) in [5, 5.41) is 7.27. The maximum atomic E-state index is 13.0. The number of rotatable bonds is 1. The molecular formula is C10H7F3N6. The van der Waals surface area contributed by atoms with Crippen LogP contribution in [0.5, 0.6) is 0 Å². The first kappa shape index (κ1) is 11.7. The lowest BCUT2D eigenvalue weighted by atomic mass is 10.1. The number of hydrogen-bond acceptors (Lipinski definition) is 5. The second kappa shape index (κ2) is 3.79. The fraction of sp³-hybridized carbons (Fsp3) is 0.100. The number of aromatic nitrogens is 4. The zero-order valence-electron chi connectivity index (χ0n) is 9.28. The summed E-state index contributed by atoms with van der Waals surface area (Å²) in [7, 11) is 0. The molecule has 0 saturated heterocycles. The molecule has 0 spiro atoms. The Labute approximate surface area is 103 Å². The molecule has 0 bridgehead atoms. The van der Waals surface area contributed by atoms with E-state index in [2.05, 4.69) is 25.6 Å². The van der Waals surface area contributed by atoms with Crippen LogP contribution in [0.4, 0.5) is 19.1 Å². The smallest absolute Gasteiger partial charge is 0.338 e. The summed E-state index contributed by atoms with van der Waals surface area (Å²) in [6.07, 6.45) is -4.47. The highest BCUT2D eigenvalue weighted by Crippen LogP contribution is 2.37. The number of hydrogen-bond donors (Lipinski definition) is 3. The van der Waals surface area contributed by atoms with E-state index in [4.69, 9.17) is 5.84 Å². The van der Waals surface area contributed by atoms with Crippen LogP contribution in [-0.4, -0.2) is 20.2 Å². The number of alkyl halides is 3. The van der Waals surface area contributed by atoms with Gasteiger partial charge in [-0.25, -0.2) is 5.84 Å². The van der Waals surface area contributed by atoms with Crippen LogP contribution in [0.15, 0.2) is 18.2 Å². The first-order valence-corrected chi connectivity index (χ1v) is 5.19. The summed E-state index contributed by atoms with van der Waals surface area (Å²) in [5.41, 5.74) is 1.94. The van der Waals surface area contributed by atoms with Crippen LogP contribution in [0, 0.1) is 0 Å². The van der Waals surface area contributed by atoms with Gasteiger partial charge in [0.25, 0.3) is 5.95 Å². The zero-order chi connectivity index (χ0) is 13.6. The van der Waals surface area contributed by atoms with E-state index < -0.39 is 11.7 Å². The Hall–Kier alpha value is -2.42. The number of halogens is 3. The molecule has 0 radical (unpaired) electrons. The number of nitrogens with zero attached hydrogens (tertiary/aromatic N) is 3. The first-order valence-electron chi connectivity index (χ1n) is 5.19. The third-order valence-electron chi connectivity index (χ3n) is 2.68. The Morgan fingerprint density at radius 3 is 2.68 bits per heavy atom. The molecule has 19 heavy (non-hydrogen) atoms. The SMILES string of the molecule is NNc1nnc2c(n1)[nH]c1cccc(C(F)(F)F)c12. The molecule has 3 rings (SSSR count). The average Bonchev–Trinajstić information content (AvgIpc) is 2.74. The summed E-state index contributed by atoms with van der Waals surface area (Å²) in [6.45, 7) is 0. The molecular weight excluding hydrogens is 261 g/mol. The Balaban J connectivity index is 2.42. The van der Waals surface area contributed by atoms with Crippen LogP contribution < -0.4 is 11.3 Å². The van der Waals surface area contributed by atoms with Crippen molar-refractivity contribution in [2.75, 3.05) is 5.43 Å². The maximum absolute atomic E-state index is 13.0. The number of nitrogens with one attached hydrogen (secondary N) is 2. The highest BCUT2D eigenvalue weighted by molar-refractivity contribution is 6.05. The topological polar surface area (TPSA) is 92.5 Å². The molecule has 1 aromatic carbocycles. The minimum absolute atomic E-state index is 0.0209. The molecule has 9 heteroatoms. The Morgan fingerprint density at radius 1 is 1.21 bits per heavy atom. The van der Waals surface area contributed by atoms with Gasteiger partial charge in [-0.3, -0.25) is 5.43 Å². The summed E-state index contributed by atoms with van der Waals surface area (Å²) in [6, 6.07) is 3.83. The summed E-state index contributed by atoms with van der Waals surface area (Å²) in [5.74, 6) is 5.15. The van der Waals surface area contributed by atoms with Crippen molar-refractivity contribution in [1.82, 2.24) is 20.2 Å². The highest BCUT2D eigenvalue weighted by atomic mass is 19.4. The van der Waals surface area contributed by atoms with Gasteiger partial charge in [-0.15, -0.1) is 10.2 Å². The van der Waals surface area contributed by atoms with E-state index >= 15 is 0 Å². The van der Waals surface area contributed by atoms with Gasteiger partial charge in [-0.2, -0.15) is 18.2 Å². The lowest BCUT2D eigenvalue weighted by Gasteiger charge is -2.07. The second-order valence-electron chi connectivity index (χ2n) is 3.83. The minimum Gasteiger partial charge on any atom is -0.338 e. The van der Waals surface area contributed by atoms with Crippen molar-refractivity contribution >= 4 is 28.0 Å². The van der Waals surface area contributed by atoms with E-state index in [1.165, 1.54) is 12.1 Å².